The van der Waals surface area contributed by atoms with Crippen molar-refractivity contribution in [1.82, 2.24) is 0 Å². The topological polar surface area (TPSA) is 12.4 Å². The molecule has 0 aromatic heterocycles. The van der Waals surface area contributed by atoms with Gasteiger partial charge in [-0.05, 0) is 19.1 Å². The van der Waals surface area contributed by atoms with Crippen molar-refractivity contribution in [2.24, 2.45) is 4.99 Å². The maximum Gasteiger partial charge on any atom is 0.0705 e. The number of rotatable bonds is 0. The first-order chi connectivity index (χ1) is 4.36. The van der Waals surface area contributed by atoms with Crippen LogP contribution in [-0.4, -0.2) is 5.71 Å². The fraction of sp³-hybridized carbons (Fsp3) is 0.125. The first-order valence-electron chi connectivity index (χ1n) is 3.02. The average molecular weight is 208 g/mol. The SMILES string of the molecule is CC1=NC2=CC=CC2=C1.[Zr]. The average Bonchev–Trinajstić information content (AvgIpc) is 2.22. The molecule has 0 bridgehead atoms. The smallest absolute Gasteiger partial charge is 0.0705 e. The van der Waals surface area contributed by atoms with E-state index in [0.29, 0.717) is 0 Å². The Hall–Kier alpha value is -0.227. The van der Waals surface area contributed by atoms with E-state index in [1.54, 1.807) is 0 Å². The number of aliphatic imine (C=N–C) groups is 1. The van der Waals surface area contributed by atoms with Crippen LogP contribution in [0.25, 0.3) is 0 Å². The molecule has 0 aromatic carbocycles. The molecule has 0 spiro atoms. The molecule has 1 heterocycles. The van der Waals surface area contributed by atoms with Crippen molar-refractivity contribution in [3.05, 3.63) is 35.6 Å². The Morgan fingerprint density at radius 2 is 2.20 bits per heavy atom. The molecule has 0 amide bonds. The van der Waals surface area contributed by atoms with Crippen molar-refractivity contribution in [2.45, 2.75) is 6.92 Å². The molecule has 2 aliphatic rings. The monoisotopic (exact) mass is 207 g/mol. The van der Waals surface area contributed by atoms with Gasteiger partial charge in [0, 0.05) is 37.5 Å². The van der Waals surface area contributed by atoms with Crippen LogP contribution in [-0.2, 0) is 26.2 Å². The van der Waals surface area contributed by atoms with Crippen LogP contribution in [0, 0.1) is 0 Å². The summed E-state index contributed by atoms with van der Waals surface area (Å²) in [5.41, 5.74) is 3.49. The van der Waals surface area contributed by atoms with Gasteiger partial charge in [0.1, 0.15) is 0 Å². The van der Waals surface area contributed by atoms with Crippen molar-refractivity contribution >= 4 is 5.71 Å². The quantitative estimate of drug-likeness (QED) is 0.576. The molecule has 1 aliphatic carbocycles. The van der Waals surface area contributed by atoms with E-state index in [0.717, 1.165) is 11.4 Å². The normalized spacial score (nSPS) is 19.1. The van der Waals surface area contributed by atoms with E-state index in [1.165, 1.54) is 5.57 Å². The zero-order valence-corrected chi connectivity index (χ0v) is 8.21. The first kappa shape index (κ1) is 7.88. The van der Waals surface area contributed by atoms with Crippen molar-refractivity contribution < 1.29 is 26.2 Å². The summed E-state index contributed by atoms with van der Waals surface area (Å²) in [6.07, 6.45) is 8.23. The molecule has 0 atom stereocenters. The minimum absolute atomic E-state index is 0. The van der Waals surface area contributed by atoms with E-state index in [-0.39, 0.29) is 26.2 Å². The summed E-state index contributed by atoms with van der Waals surface area (Å²) in [6, 6.07) is 0. The van der Waals surface area contributed by atoms with Crippen molar-refractivity contribution in [2.75, 3.05) is 0 Å². The van der Waals surface area contributed by atoms with Crippen molar-refractivity contribution in [3.8, 4) is 0 Å². The largest absolute Gasteiger partial charge is 0.253 e. The second kappa shape index (κ2) is 2.79. The van der Waals surface area contributed by atoms with E-state index >= 15 is 0 Å². The molecule has 0 radical (unpaired) electrons. The van der Waals surface area contributed by atoms with Crippen LogP contribution in [0.4, 0.5) is 0 Å². The Morgan fingerprint density at radius 1 is 1.40 bits per heavy atom. The molecule has 0 unspecified atom stereocenters. The van der Waals surface area contributed by atoms with Gasteiger partial charge in [0.05, 0.1) is 5.70 Å². The van der Waals surface area contributed by atoms with Crippen LogP contribution in [0.1, 0.15) is 6.92 Å². The molecule has 2 heteroatoms. The van der Waals surface area contributed by atoms with Gasteiger partial charge in [-0.1, -0.05) is 12.2 Å². The third-order valence-corrected chi connectivity index (χ3v) is 1.49. The Kier molecular flexibility index (Phi) is 2.20. The van der Waals surface area contributed by atoms with Crippen LogP contribution >= 0.6 is 0 Å². The maximum absolute atomic E-state index is 4.27. The van der Waals surface area contributed by atoms with E-state index < -0.39 is 0 Å². The molecular weight excluding hydrogens is 201 g/mol. The van der Waals surface area contributed by atoms with Gasteiger partial charge in [0.15, 0.2) is 0 Å². The van der Waals surface area contributed by atoms with Gasteiger partial charge in [-0.2, -0.15) is 0 Å². The molecule has 0 N–H and O–H groups in total. The Morgan fingerprint density at radius 3 is 2.90 bits per heavy atom. The zero-order valence-electron chi connectivity index (χ0n) is 5.76. The molecular formula is C8H7NZr. The Labute approximate surface area is 79.4 Å². The van der Waals surface area contributed by atoms with Gasteiger partial charge in [0.2, 0.25) is 0 Å². The fourth-order valence-electron chi connectivity index (χ4n) is 1.10. The van der Waals surface area contributed by atoms with Gasteiger partial charge in [0.25, 0.3) is 0 Å². The van der Waals surface area contributed by atoms with Crippen molar-refractivity contribution in [3.63, 3.8) is 0 Å². The van der Waals surface area contributed by atoms with Crippen LogP contribution in [0.5, 0.6) is 0 Å². The fourth-order valence-corrected chi connectivity index (χ4v) is 1.10. The minimum atomic E-state index is 0. The minimum Gasteiger partial charge on any atom is -0.253 e. The number of hydrogen-bond acceptors (Lipinski definition) is 1. The summed E-state index contributed by atoms with van der Waals surface area (Å²) in [4.78, 5) is 4.27. The molecule has 48 valence electrons. The van der Waals surface area contributed by atoms with Gasteiger partial charge in [-0.15, -0.1) is 0 Å². The molecule has 1 nitrogen and oxygen atoms in total. The summed E-state index contributed by atoms with van der Waals surface area (Å²) in [6.45, 7) is 2.01. The van der Waals surface area contributed by atoms with Gasteiger partial charge in [-0.25, -0.2) is 0 Å². The second-order valence-corrected chi connectivity index (χ2v) is 2.26. The Balaban J connectivity index is 0.000000500. The zero-order chi connectivity index (χ0) is 6.27. The third kappa shape index (κ3) is 1.13. The summed E-state index contributed by atoms with van der Waals surface area (Å²) >= 11 is 0. The van der Waals surface area contributed by atoms with Crippen LogP contribution in [0.15, 0.2) is 40.6 Å². The second-order valence-electron chi connectivity index (χ2n) is 2.26. The van der Waals surface area contributed by atoms with E-state index in [4.69, 9.17) is 0 Å². The van der Waals surface area contributed by atoms with Gasteiger partial charge in [-0.3, -0.25) is 4.99 Å². The number of hydrogen-bond donors (Lipinski definition) is 0. The molecule has 1 aliphatic heterocycles. The summed E-state index contributed by atoms with van der Waals surface area (Å²) in [7, 11) is 0. The van der Waals surface area contributed by atoms with Gasteiger partial charge >= 0.3 is 0 Å². The molecule has 2 rings (SSSR count). The predicted molar refractivity (Wildman–Crippen MR) is 38.4 cm³/mol. The maximum atomic E-state index is 4.27. The summed E-state index contributed by atoms with van der Waals surface area (Å²) in [5, 5.41) is 0. The van der Waals surface area contributed by atoms with Crippen LogP contribution < -0.4 is 0 Å². The van der Waals surface area contributed by atoms with E-state index in [9.17, 15) is 0 Å². The predicted octanol–water partition coefficient (Wildman–Crippen LogP) is 1.84. The summed E-state index contributed by atoms with van der Waals surface area (Å²) < 4.78 is 0. The molecule has 10 heavy (non-hydrogen) atoms. The van der Waals surface area contributed by atoms with Crippen LogP contribution in [0.3, 0.4) is 0 Å². The number of fused-ring (bicyclic) bond motifs is 1. The van der Waals surface area contributed by atoms with Gasteiger partial charge < -0.3 is 0 Å². The van der Waals surface area contributed by atoms with Crippen LogP contribution in [0.2, 0.25) is 0 Å². The van der Waals surface area contributed by atoms with Crippen molar-refractivity contribution in [1.29, 1.82) is 0 Å². The number of nitrogens with zero attached hydrogens (tertiary/aromatic N) is 1. The molecule has 0 fully saturated rings. The third-order valence-electron chi connectivity index (χ3n) is 1.49. The molecule has 0 saturated heterocycles. The van der Waals surface area contributed by atoms with E-state index in [2.05, 4.69) is 17.1 Å². The molecule has 0 saturated carbocycles. The number of allylic oxidation sites excluding steroid dienone is 4. The van der Waals surface area contributed by atoms with E-state index in [1.807, 2.05) is 19.1 Å². The molecule has 0 aromatic rings. The summed E-state index contributed by atoms with van der Waals surface area (Å²) in [5.74, 6) is 0. The Bertz CT molecular complexity index is 269. The standard InChI is InChI=1S/C8H7N.Zr/c1-6-5-7-3-2-4-8(7)9-6;/h2-5H,1H3;. The first-order valence-corrected chi connectivity index (χ1v) is 3.02.